The predicted octanol–water partition coefficient (Wildman–Crippen LogP) is 3.39. The van der Waals surface area contributed by atoms with E-state index in [0.717, 1.165) is 22.4 Å². The van der Waals surface area contributed by atoms with Crippen molar-refractivity contribution in [3.63, 3.8) is 0 Å². The number of urea groups is 1. The van der Waals surface area contributed by atoms with E-state index >= 15 is 0 Å². The molecule has 2 amide bonds. The number of nitrogens with one attached hydrogen (secondary N) is 1. The number of anilines is 1. The Morgan fingerprint density at radius 1 is 1.16 bits per heavy atom. The molecule has 0 atom stereocenters. The van der Waals surface area contributed by atoms with Gasteiger partial charge in [0.1, 0.15) is 0 Å². The average molecular weight is 339 g/mol. The van der Waals surface area contributed by atoms with Crippen molar-refractivity contribution in [2.75, 3.05) is 18.4 Å². The van der Waals surface area contributed by atoms with Crippen LogP contribution in [-0.4, -0.2) is 40.1 Å². The Balaban J connectivity index is 1.65. The highest BCUT2D eigenvalue weighted by Crippen LogP contribution is 2.26. The second-order valence-corrected chi connectivity index (χ2v) is 6.30. The van der Waals surface area contributed by atoms with Crippen LogP contribution in [0.3, 0.4) is 0 Å². The van der Waals surface area contributed by atoms with Crippen LogP contribution in [0.4, 0.5) is 10.5 Å². The quantitative estimate of drug-likeness (QED) is 0.898. The standard InChI is InChI=1S/C19H21N3O3/c1-13-12-16(2-3-17(13)14-4-8-20-9-5-14)21-19(25)22-10-6-15(7-11-22)18(23)24/h2-5,8-9,12,15H,6-7,10-11H2,1H3,(H,21,25)(H,23,24). The zero-order chi connectivity index (χ0) is 17.8. The molecule has 1 saturated heterocycles. The van der Waals surface area contributed by atoms with E-state index in [0.29, 0.717) is 25.9 Å². The van der Waals surface area contributed by atoms with Gasteiger partial charge in [0.2, 0.25) is 0 Å². The third kappa shape index (κ3) is 3.96. The number of hydrogen-bond donors (Lipinski definition) is 2. The van der Waals surface area contributed by atoms with E-state index in [-0.39, 0.29) is 11.9 Å². The van der Waals surface area contributed by atoms with Crippen molar-refractivity contribution in [2.24, 2.45) is 5.92 Å². The van der Waals surface area contributed by atoms with Crippen LogP contribution in [0.25, 0.3) is 11.1 Å². The molecule has 6 nitrogen and oxygen atoms in total. The van der Waals surface area contributed by atoms with E-state index in [9.17, 15) is 9.59 Å². The molecule has 1 fully saturated rings. The third-order valence-electron chi connectivity index (χ3n) is 4.60. The van der Waals surface area contributed by atoms with Gasteiger partial charge in [-0.1, -0.05) is 6.07 Å². The van der Waals surface area contributed by atoms with Crippen LogP contribution >= 0.6 is 0 Å². The number of carboxylic acids is 1. The van der Waals surface area contributed by atoms with E-state index in [4.69, 9.17) is 5.11 Å². The van der Waals surface area contributed by atoms with E-state index in [1.165, 1.54) is 0 Å². The summed E-state index contributed by atoms with van der Waals surface area (Å²) in [5.41, 5.74) is 3.98. The summed E-state index contributed by atoms with van der Waals surface area (Å²) >= 11 is 0. The predicted molar refractivity (Wildman–Crippen MR) is 95.4 cm³/mol. The van der Waals surface area contributed by atoms with Gasteiger partial charge in [0.05, 0.1) is 5.92 Å². The second kappa shape index (κ2) is 7.34. The van der Waals surface area contributed by atoms with Crippen LogP contribution in [0, 0.1) is 12.8 Å². The number of piperidine rings is 1. The molecule has 2 heterocycles. The Morgan fingerprint density at radius 3 is 2.44 bits per heavy atom. The van der Waals surface area contributed by atoms with Crippen molar-refractivity contribution in [1.82, 2.24) is 9.88 Å². The summed E-state index contributed by atoms with van der Waals surface area (Å²) in [6.07, 6.45) is 4.52. The molecule has 6 heteroatoms. The first-order chi connectivity index (χ1) is 12.0. The lowest BCUT2D eigenvalue weighted by Gasteiger charge is -2.30. The normalized spacial score (nSPS) is 15.0. The molecular formula is C19H21N3O3. The number of likely N-dealkylation sites (tertiary alicyclic amines) is 1. The van der Waals surface area contributed by atoms with Crippen molar-refractivity contribution in [2.45, 2.75) is 19.8 Å². The van der Waals surface area contributed by atoms with Crippen molar-refractivity contribution < 1.29 is 14.7 Å². The number of aromatic nitrogens is 1. The molecular weight excluding hydrogens is 318 g/mol. The third-order valence-corrected chi connectivity index (χ3v) is 4.60. The summed E-state index contributed by atoms with van der Waals surface area (Å²) in [5, 5.41) is 11.9. The molecule has 2 aromatic rings. The van der Waals surface area contributed by atoms with Crippen LogP contribution < -0.4 is 5.32 Å². The van der Waals surface area contributed by atoms with Gasteiger partial charge in [0, 0.05) is 31.2 Å². The topological polar surface area (TPSA) is 82.5 Å². The maximum atomic E-state index is 12.4. The fourth-order valence-electron chi connectivity index (χ4n) is 3.13. The summed E-state index contributed by atoms with van der Waals surface area (Å²) < 4.78 is 0. The van der Waals surface area contributed by atoms with Crippen molar-refractivity contribution in [1.29, 1.82) is 0 Å². The lowest BCUT2D eigenvalue weighted by Crippen LogP contribution is -2.42. The van der Waals surface area contributed by atoms with Crippen LogP contribution in [-0.2, 0) is 4.79 Å². The Labute approximate surface area is 146 Å². The molecule has 1 aromatic carbocycles. The van der Waals surface area contributed by atoms with Crippen LogP contribution in [0.2, 0.25) is 0 Å². The fraction of sp³-hybridized carbons (Fsp3) is 0.316. The first-order valence-electron chi connectivity index (χ1n) is 8.34. The SMILES string of the molecule is Cc1cc(NC(=O)N2CCC(C(=O)O)CC2)ccc1-c1ccncc1. The second-order valence-electron chi connectivity index (χ2n) is 6.30. The van der Waals surface area contributed by atoms with Gasteiger partial charge >= 0.3 is 12.0 Å². The monoisotopic (exact) mass is 339 g/mol. The molecule has 0 unspecified atom stereocenters. The van der Waals surface area contributed by atoms with Gasteiger partial charge in [-0.3, -0.25) is 9.78 Å². The molecule has 2 N–H and O–H groups in total. The minimum Gasteiger partial charge on any atom is -0.481 e. The largest absolute Gasteiger partial charge is 0.481 e. The molecule has 25 heavy (non-hydrogen) atoms. The summed E-state index contributed by atoms with van der Waals surface area (Å²) in [7, 11) is 0. The summed E-state index contributed by atoms with van der Waals surface area (Å²) in [4.78, 5) is 29.1. The zero-order valence-corrected chi connectivity index (χ0v) is 14.1. The number of amides is 2. The fourth-order valence-corrected chi connectivity index (χ4v) is 3.13. The number of pyridine rings is 1. The summed E-state index contributed by atoms with van der Waals surface area (Å²) in [5.74, 6) is -1.12. The van der Waals surface area contributed by atoms with Crippen LogP contribution in [0.15, 0.2) is 42.7 Å². The molecule has 0 spiro atoms. The molecule has 0 aliphatic carbocycles. The van der Waals surface area contributed by atoms with Gasteiger partial charge in [-0.15, -0.1) is 0 Å². The molecule has 130 valence electrons. The lowest BCUT2D eigenvalue weighted by molar-refractivity contribution is -0.143. The average Bonchev–Trinajstić information content (AvgIpc) is 2.62. The zero-order valence-electron chi connectivity index (χ0n) is 14.1. The molecule has 0 radical (unpaired) electrons. The van der Waals surface area contributed by atoms with Gasteiger partial charge < -0.3 is 15.3 Å². The smallest absolute Gasteiger partial charge is 0.321 e. The molecule has 1 aliphatic rings. The van der Waals surface area contributed by atoms with Gasteiger partial charge in [0.25, 0.3) is 0 Å². The van der Waals surface area contributed by atoms with Gasteiger partial charge in [-0.2, -0.15) is 0 Å². The van der Waals surface area contributed by atoms with E-state index in [2.05, 4.69) is 10.3 Å². The van der Waals surface area contributed by atoms with Gasteiger partial charge in [0.15, 0.2) is 0 Å². The number of aliphatic carboxylic acids is 1. The maximum absolute atomic E-state index is 12.4. The minimum atomic E-state index is -0.776. The van der Waals surface area contributed by atoms with E-state index in [1.807, 2.05) is 37.3 Å². The van der Waals surface area contributed by atoms with E-state index in [1.54, 1.807) is 17.3 Å². The summed E-state index contributed by atoms with van der Waals surface area (Å²) in [6, 6.07) is 9.53. The lowest BCUT2D eigenvalue weighted by atomic mass is 9.97. The number of carbonyl (C=O) groups is 2. The van der Waals surface area contributed by atoms with Crippen LogP contribution in [0.5, 0.6) is 0 Å². The van der Waals surface area contributed by atoms with Crippen LogP contribution in [0.1, 0.15) is 18.4 Å². The van der Waals surface area contributed by atoms with Gasteiger partial charge in [-0.25, -0.2) is 4.79 Å². The van der Waals surface area contributed by atoms with Crippen molar-refractivity contribution >= 4 is 17.7 Å². The van der Waals surface area contributed by atoms with Crippen molar-refractivity contribution in [3.05, 3.63) is 48.3 Å². The highest BCUT2D eigenvalue weighted by molar-refractivity contribution is 5.90. The number of carbonyl (C=O) groups excluding carboxylic acids is 1. The highest BCUT2D eigenvalue weighted by atomic mass is 16.4. The number of aryl methyl sites for hydroxylation is 1. The number of carboxylic acid groups (broad SMARTS) is 1. The van der Waals surface area contributed by atoms with Crippen molar-refractivity contribution in [3.8, 4) is 11.1 Å². The summed E-state index contributed by atoms with van der Waals surface area (Å²) in [6.45, 7) is 2.94. The Morgan fingerprint density at radius 2 is 1.84 bits per heavy atom. The van der Waals surface area contributed by atoms with Gasteiger partial charge in [-0.05, 0) is 60.7 Å². The first-order valence-corrected chi connectivity index (χ1v) is 8.34. The molecule has 1 aliphatic heterocycles. The maximum Gasteiger partial charge on any atom is 0.321 e. The molecule has 1 aromatic heterocycles. The Bertz CT molecular complexity index is 769. The molecule has 0 saturated carbocycles. The highest BCUT2D eigenvalue weighted by Gasteiger charge is 2.26. The Hall–Kier alpha value is -2.89. The van der Waals surface area contributed by atoms with E-state index < -0.39 is 5.97 Å². The number of hydrogen-bond acceptors (Lipinski definition) is 3. The molecule has 3 rings (SSSR count). The number of nitrogens with zero attached hydrogens (tertiary/aromatic N) is 2. The molecule has 0 bridgehead atoms. The minimum absolute atomic E-state index is 0.181. The number of benzene rings is 1. The Kier molecular flexibility index (Phi) is 4.97. The first kappa shape index (κ1) is 17.0. The number of rotatable bonds is 3.